The Balaban J connectivity index is 1.46. The van der Waals surface area contributed by atoms with Crippen LogP contribution in [0.5, 0.6) is 0 Å². The Morgan fingerprint density at radius 1 is 1.00 bits per heavy atom. The molecule has 0 atom stereocenters. The topological polar surface area (TPSA) is 83.1 Å². The lowest BCUT2D eigenvalue weighted by Gasteiger charge is -2.05. The highest BCUT2D eigenvalue weighted by molar-refractivity contribution is 7.14. The van der Waals surface area contributed by atoms with Gasteiger partial charge in [0.1, 0.15) is 5.82 Å². The van der Waals surface area contributed by atoms with Crippen LogP contribution in [-0.2, 0) is 17.8 Å². The first-order chi connectivity index (χ1) is 13.1. The van der Waals surface area contributed by atoms with Gasteiger partial charge in [-0.05, 0) is 29.8 Å². The summed E-state index contributed by atoms with van der Waals surface area (Å²) in [6.07, 6.45) is 0.130. The number of carbonyl (C=O) groups excluding carboxylic acids is 2. The van der Waals surface area contributed by atoms with Gasteiger partial charge < -0.3 is 10.6 Å². The number of benzene rings is 2. The molecule has 0 saturated heterocycles. The summed E-state index contributed by atoms with van der Waals surface area (Å²) in [6.45, 7) is 0.453. The van der Waals surface area contributed by atoms with E-state index in [4.69, 9.17) is 0 Å². The maximum Gasteiger partial charge on any atom is 0.325 e. The van der Waals surface area contributed by atoms with Gasteiger partial charge in [0.05, 0.1) is 12.1 Å². The van der Waals surface area contributed by atoms with E-state index >= 15 is 0 Å². The maximum atomic E-state index is 12.9. The molecule has 1 heterocycles. The molecule has 2 aromatic carbocycles. The number of carbonyl (C=O) groups is 2. The molecule has 8 heteroatoms. The van der Waals surface area contributed by atoms with E-state index in [1.807, 2.05) is 30.3 Å². The zero-order chi connectivity index (χ0) is 19.1. The van der Waals surface area contributed by atoms with Crippen LogP contribution in [0.3, 0.4) is 0 Å². The van der Waals surface area contributed by atoms with Gasteiger partial charge in [-0.25, -0.2) is 14.2 Å². The number of hydrogen-bond acceptors (Lipinski definition) is 4. The summed E-state index contributed by atoms with van der Waals surface area (Å²) in [5, 5.41) is 10.1. The van der Waals surface area contributed by atoms with Crippen LogP contribution in [0.2, 0.25) is 0 Å². The molecule has 0 aliphatic rings. The fourth-order valence-corrected chi connectivity index (χ4v) is 2.97. The van der Waals surface area contributed by atoms with Crippen molar-refractivity contribution in [3.63, 3.8) is 0 Å². The highest BCUT2D eigenvalue weighted by Crippen LogP contribution is 2.16. The molecular weight excluding hydrogens is 367 g/mol. The fraction of sp³-hybridized carbons (Fsp3) is 0.105. The van der Waals surface area contributed by atoms with Crippen LogP contribution in [0, 0.1) is 5.82 Å². The maximum absolute atomic E-state index is 12.9. The third-order valence-electron chi connectivity index (χ3n) is 3.55. The second-order valence-corrected chi connectivity index (χ2v) is 6.53. The summed E-state index contributed by atoms with van der Waals surface area (Å²) in [5.74, 6) is -0.525. The molecule has 138 valence electrons. The van der Waals surface area contributed by atoms with Crippen molar-refractivity contribution in [2.75, 3.05) is 10.6 Å². The number of urea groups is 1. The van der Waals surface area contributed by atoms with Crippen molar-refractivity contribution in [1.29, 1.82) is 0 Å². The Labute approximate surface area is 159 Å². The number of aromatic nitrogens is 1. The summed E-state index contributed by atoms with van der Waals surface area (Å²) < 4.78 is 12.9. The first-order valence-corrected chi connectivity index (χ1v) is 9.05. The zero-order valence-corrected chi connectivity index (χ0v) is 15.1. The van der Waals surface area contributed by atoms with Gasteiger partial charge in [0.2, 0.25) is 5.91 Å². The van der Waals surface area contributed by atoms with Crippen LogP contribution in [0.15, 0.2) is 60.0 Å². The Bertz CT molecular complexity index is 913. The minimum atomic E-state index is -0.490. The molecule has 0 fully saturated rings. The van der Waals surface area contributed by atoms with Gasteiger partial charge >= 0.3 is 6.03 Å². The smallest absolute Gasteiger partial charge is 0.325 e. The molecule has 6 nitrogen and oxygen atoms in total. The van der Waals surface area contributed by atoms with Crippen LogP contribution in [0.25, 0.3) is 0 Å². The summed E-state index contributed by atoms with van der Waals surface area (Å²) >= 11 is 1.22. The van der Waals surface area contributed by atoms with E-state index in [1.165, 1.54) is 35.6 Å². The van der Waals surface area contributed by atoms with E-state index in [9.17, 15) is 14.0 Å². The van der Waals surface area contributed by atoms with E-state index in [-0.39, 0.29) is 18.1 Å². The minimum absolute atomic E-state index is 0.130. The van der Waals surface area contributed by atoms with Gasteiger partial charge in [0.15, 0.2) is 5.13 Å². The molecule has 27 heavy (non-hydrogen) atoms. The van der Waals surface area contributed by atoms with Crippen molar-refractivity contribution < 1.29 is 14.0 Å². The third kappa shape index (κ3) is 5.89. The van der Waals surface area contributed by atoms with E-state index in [1.54, 1.807) is 5.38 Å². The molecule has 3 amide bonds. The number of anilines is 2. The van der Waals surface area contributed by atoms with Gasteiger partial charge in [-0.15, -0.1) is 11.3 Å². The third-order valence-corrected chi connectivity index (χ3v) is 4.36. The van der Waals surface area contributed by atoms with Crippen molar-refractivity contribution in [3.8, 4) is 0 Å². The predicted octanol–water partition coefficient (Wildman–Crippen LogP) is 3.79. The van der Waals surface area contributed by atoms with Crippen LogP contribution in [0.1, 0.15) is 11.3 Å². The Kier molecular flexibility index (Phi) is 6.11. The van der Waals surface area contributed by atoms with Crippen molar-refractivity contribution in [2.45, 2.75) is 13.0 Å². The van der Waals surface area contributed by atoms with Gasteiger partial charge in [0.25, 0.3) is 0 Å². The summed E-state index contributed by atoms with van der Waals surface area (Å²) in [6, 6.07) is 14.6. The van der Waals surface area contributed by atoms with Crippen molar-refractivity contribution in [1.82, 2.24) is 10.3 Å². The van der Waals surface area contributed by atoms with Crippen molar-refractivity contribution in [3.05, 3.63) is 77.1 Å². The molecule has 3 aromatic rings. The largest absolute Gasteiger partial charge is 0.352 e. The molecule has 0 radical (unpaired) electrons. The Morgan fingerprint density at radius 3 is 2.48 bits per heavy atom. The lowest BCUT2D eigenvalue weighted by atomic mass is 10.2. The summed E-state index contributed by atoms with van der Waals surface area (Å²) in [7, 11) is 0. The molecule has 0 unspecified atom stereocenters. The predicted molar refractivity (Wildman–Crippen MR) is 103 cm³/mol. The first kappa shape index (κ1) is 18.5. The van der Waals surface area contributed by atoms with E-state index in [0.29, 0.717) is 23.1 Å². The lowest BCUT2D eigenvalue weighted by molar-refractivity contribution is -0.120. The highest BCUT2D eigenvalue weighted by atomic mass is 32.1. The quantitative estimate of drug-likeness (QED) is 0.605. The van der Waals surface area contributed by atoms with Gasteiger partial charge in [-0.2, -0.15) is 0 Å². The van der Waals surface area contributed by atoms with Gasteiger partial charge in [-0.3, -0.25) is 10.1 Å². The Hall–Kier alpha value is -3.26. The number of amides is 3. The highest BCUT2D eigenvalue weighted by Gasteiger charge is 2.10. The number of rotatable bonds is 6. The second-order valence-electron chi connectivity index (χ2n) is 5.67. The molecule has 3 N–H and O–H groups in total. The number of halogens is 1. The normalized spacial score (nSPS) is 10.3. The standard InChI is InChI=1S/C19H17FN4O2S/c20-14-6-8-15(9-7-14)22-18(26)24-19-23-16(12-27-19)10-17(25)21-11-13-4-2-1-3-5-13/h1-9,12H,10-11H2,(H,21,25)(H2,22,23,24,26). The lowest BCUT2D eigenvalue weighted by Crippen LogP contribution is -2.24. The van der Waals surface area contributed by atoms with Crippen LogP contribution < -0.4 is 16.0 Å². The molecule has 0 aliphatic heterocycles. The molecule has 0 bridgehead atoms. The molecule has 0 saturated carbocycles. The average molecular weight is 384 g/mol. The molecule has 1 aromatic heterocycles. The van der Waals surface area contributed by atoms with Crippen LogP contribution in [-0.4, -0.2) is 16.9 Å². The Morgan fingerprint density at radius 2 is 1.74 bits per heavy atom. The average Bonchev–Trinajstić information content (AvgIpc) is 3.09. The number of thiazole rings is 1. The molecule has 0 aliphatic carbocycles. The van der Waals surface area contributed by atoms with Gasteiger partial charge in [-0.1, -0.05) is 30.3 Å². The molecule has 0 spiro atoms. The van der Waals surface area contributed by atoms with Crippen LogP contribution >= 0.6 is 11.3 Å². The number of nitrogens with one attached hydrogen (secondary N) is 3. The molecular formula is C19H17FN4O2S. The zero-order valence-electron chi connectivity index (χ0n) is 14.2. The fourth-order valence-electron chi connectivity index (χ4n) is 2.26. The monoisotopic (exact) mass is 384 g/mol. The first-order valence-electron chi connectivity index (χ1n) is 8.17. The number of hydrogen-bond donors (Lipinski definition) is 3. The minimum Gasteiger partial charge on any atom is -0.352 e. The van der Waals surface area contributed by atoms with Crippen molar-refractivity contribution >= 4 is 34.1 Å². The number of nitrogens with zero attached hydrogens (tertiary/aromatic N) is 1. The SMILES string of the molecule is O=C(Cc1csc(NC(=O)Nc2ccc(F)cc2)n1)NCc1ccccc1. The summed E-state index contributed by atoms with van der Waals surface area (Å²) in [4.78, 5) is 28.2. The van der Waals surface area contributed by atoms with E-state index in [2.05, 4.69) is 20.9 Å². The van der Waals surface area contributed by atoms with Crippen LogP contribution in [0.4, 0.5) is 20.0 Å². The summed E-state index contributed by atoms with van der Waals surface area (Å²) in [5.41, 5.74) is 2.05. The van der Waals surface area contributed by atoms with E-state index < -0.39 is 6.03 Å². The van der Waals surface area contributed by atoms with Crippen molar-refractivity contribution in [2.24, 2.45) is 0 Å². The molecule has 3 rings (SSSR count). The second kappa shape index (κ2) is 8.91. The van der Waals surface area contributed by atoms with E-state index in [0.717, 1.165) is 5.56 Å². The van der Waals surface area contributed by atoms with Gasteiger partial charge in [0, 0.05) is 17.6 Å².